The van der Waals surface area contributed by atoms with Gasteiger partial charge in [0.15, 0.2) is 5.03 Å². The van der Waals surface area contributed by atoms with Crippen molar-refractivity contribution >= 4 is 10.0 Å². The summed E-state index contributed by atoms with van der Waals surface area (Å²) in [7, 11) is -3.88. The van der Waals surface area contributed by atoms with E-state index < -0.39 is 28.8 Å². The molecule has 0 radical (unpaired) electrons. The summed E-state index contributed by atoms with van der Waals surface area (Å²) in [5.74, 6) is 0.613. The topological polar surface area (TPSA) is 104 Å². The summed E-state index contributed by atoms with van der Waals surface area (Å²) in [4.78, 5) is 4.04. The molecule has 0 aliphatic heterocycles. The van der Waals surface area contributed by atoms with Crippen LogP contribution in [0, 0.1) is 6.92 Å². The molecule has 0 unspecified atom stereocenters. The first-order valence-electron chi connectivity index (χ1n) is 6.63. The second kappa shape index (κ2) is 6.66. The third-order valence-electron chi connectivity index (χ3n) is 3.33. The van der Waals surface area contributed by atoms with Crippen LogP contribution in [0.1, 0.15) is 32.5 Å². The zero-order valence-electron chi connectivity index (χ0n) is 12.1. The smallest absolute Gasteiger partial charge is 0.260 e. The van der Waals surface area contributed by atoms with Crippen LogP contribution >= 0.6 is 0 Å². The van der Waals surface area contributed by atoms with Crippen LogP contribution in [0.2, 0.25) is 0 Å². The van der Waals surface area contributed by atoms with Crippen molar-refractivity contribution in [1.82, 2.24) is 14.3 Å². The molecule has 0 saturated heterocycles. The van der Waals surface area contributed by atoms with Gasteiger partial charge in [0, 0.05) is 12.7 Å². The number of sulfonamides is 1. The Morgan fingerprint density at radius 3 is 2.40 bits per heavy atom. The van der Waals surface area contributed by atoms with Crippen LogP contribution in [-0.4, -0.2) is 46.9 Å². The monoisotopic (exact) mass is 305 g/mol. The maximum Gasteiger partial charge on any atom is 0.260 e. The normalized spacial score (nSPS) is 12.8. The van der Waals surface area contributed by atoms with Gasteiger partial charge in [-0.1, -0.05) is 13.8 Å². The fraction of sp³-hybridized carbons (Fsp3) is 0.750. The lowest BCUT2D eigenvalue weighted by Gasteiger charge is -2.28. The van der Waals surface area contributed by atoms with Gasteiger partial charge < -0.3 is 14.8 Å². The minimum Gasteiger partial charge on any atom is -0.394 e. The summed E-state index contributed by atoms with van der Waals surface area (Å²) in [6, 6.07) is 0. The molecule has 1 rings (SSSR count). The van der Waals surface area contributed by atoms with Gasteiger partial charge in [0.25, 0.3) is 10.0 Å². The van der Waals surface area contributed by atoms with E-state index in [1.165, 1.54) is 6.20 Å². The first-order chi connectivity index (χ1) is 9.34. The van der Waals surface area contributed by atoms with E-state index in [1.807, 2.05) is 6.92 Å². The summed E-state index contributed by atoms with van der Waals surface area (Å²) in [5.41, 5.74) is -1.26. The maximum absolute atomic E-state index is 12.3. The van der Waals surface area contributed by atoms with E-state index >= 15 is 0 Å². The van der Waals surface area contributed by atoms with Crippen molar-refractivity contribution in [2.24, 2.45) is 0 Å². The Morgan fingerprint density at radius 2 is 1.95 bits per heavy atom. The average molecular weight is 305 g/mol. The molecule has 0 spiro atoms. The molecular weight excluding hydrogens is 282 g/mol. The number of nitrogens with one attached hydrogen (secondary N) is 1. The van der Waals surface area contributed by atoms with Gasteiger partial charge in [-0.25, -0.2) is 13.4 Å². The van der Waals surface area contributed by atoms with E-state index in [2.05, 4.69) is 9.71 Å². The van der Waals surface area contributed by atoms with Gasteiger partial charge in [-0.2, -0.15) is 4.72 Å². The molecule has 0 aliphatic carbocycles. The largest absolute Gasteiger partial charge is 0.394 e. The van der Waals surface area contributed by atoms with Crippen molar-refractivity contribution < 1.29 is 18.6 Å². The Kier molecular flexibility index (Phi) is 5.69. The van der Waals surface area contributed by atoms with Crippen LogP contribution in [-0.2, 0) is 16.6 Å². The molecule has 0 atom stereocenters. The van der Waals surface area contributed by atoms with Crippen molar-refractivity contribution in [2.75, 3.05) is 13.2 Å². The third-order valence-corrected chi connectivity index (χ3v) is 4.78. The second-order valence-corrected chi connectivity index (χ2v) is 6.50. The highest BCUT2D eigenvalue weighted by Crippen LogP contribution is 2.16. The Balaban J connectivity index is 3.07. The fourth-order valence-corrected chi connectivity index (χ4v) is 3.29. The summed E-state index contributed by atoms with van der Waals surface area (Å²) in [5, 5.41) is 18.5. The number of rotatable bonds is 8. The van der Waals surface area contributed by atoms with Gasteiger partial charge in [-0.05, 0) is 19.8 Å². The molecule has 116 valence electrons. The number of nitrogens with zero attached hydrogens (tertiary/aromatic N) is 2. The molecule has 7 nitrogen and oxygen atoms in total. The van der Waals surface area contributed by atoms with E-state index in [0.29, 0.717) is 12.4 Å². The molecule has 20 heavy (non-hydrogen) atoms. The molecule has 0 amide bonds. The Bertz CT molecular complexity index is 527. The molecule has 1 aromatic heterocycles. The van der Waals surface area contributed by atoms with Crippen molar-refractivity contribution in [3.8, 4) is 0 Å². The van der Waals surface area contributed by atoms with Crippen LogP contribution in [0.4, 0.5) is 0 Å². The lowest BCUT2D eigenvalue weighted by atomic mass is 10.0. The Morgan fingerprint density at radius 1 is 1.35 bits per heavy atom. The van der Waals surface area contributed by atoms with E-state index in [-0.39, 0.29) is 11.4 Å². The molecule has 0 bridgehead atoms. The van der Waals surface area contributed by atoms with Gasteiger partial charge in [-0.15, -0.1) is 0 Å². The highest BCUT2D eigenvalue weighted by Gasteiger charge is 2.33. The summed E-state index contributed by atoms with van der Waals surface area (Å²) in [6.45, 7) is 5.15. The van der Waals surface area contributed by atoms with Gasteiger partial charge in [0.2, 0.25) is 0 Å². The lowest BCUT2D eigenvalue weighted by Crippen LogP contribution is -2.53. The summed E-state index contributed by atoms with van der Waals surface area (Å²) in [6.07, 6.45) is 2.61. The minimum atomic E-state index is -3.88. The number of aliphatic hydroxyl groups is 2. The molecule has 3 N–H and O–H groups in total. The molecule has 0 fully saturated rings. The van der Waals surface area contributed by atoms with Crippen LogP contribution in [0.15, 0.2) is 11.2 Å². The highest BCUT2D eigenvalue weighted by molar-refractivity contribution is 7.89. The third kappa shape index (κ3) is 3.57. The SMILES string of the molecule is CCCn1cc(S(=O)(=O)NC(CC)(CO)CO)nc1C. The number of hydrogen-bond donors (Lipinski definition) is 3. The van der Waals surface area contributed by atoms with Crippen molar-refractivity contribution in [1.29, 1.82) is 0 Å². The number of hydrogen-bond acceptors (Lipinski definition) is 5. The average Bonchev–Trinajstić information content (AvgIpc) is 2.79. The predicted molar refractivity (Wildman–Crippen MR) is 74.8 cm³/mol. The first-order valence-corrected chi connectivity index (χ1v) is 8.12. The van der Waals surface area contributed by atoms with E-state index in [0.717, 1.165) is 6.42 Å². The van der Waals surface area contributed by atoms with Crippen LogP contribution in [0.3, 0.4) is 0 Å². The molecule has 8 heteroatoms. The van der Waals surface area contributed by atoms with Crippen LogP contribution in [0.5, 0.6) is 0 Å². The van der Waals surface area contributed by atoms with Crippen LogP contribution < -0.4 is 4.72 Å². The van der Waals surface area contributed by atoms with Gasteiger partial charge in [0.1, 0.15) is 5.82 Å². The number of aryl methyl sites for hydroxylation is 2. The molecule has 0 aromatic carbocycles. The molecule has 0 aliphatic rings. The van der Waals surface area contributed by atoms with Crippen LogP contribution in [0.25, 0.3) is 0 Å². The van der Waals surface area contributed by atoms with Gasteiger partial charge in [0.05, 0.1) is 18.8 Å². The molecule has 0 saturated carbocycles. The molecular formula is C12H23N3O4S. The van der Waals surface area contributed by atoms with E-state index in [4.69, 9.17) is 0 Å². The quantitative estimate of drug-likeness (QED) is 0.628. The number of aliphatic hydroxyl groups excluding tert-OH is 2. The highest BCUT2D eigenvalue weighted by atomic mass is 32.2. The van der Waals surface area contributed by atoms with Gasteiger partial charge in [-0.3, -0.25) is 0 Å². The first kappa shape index (κ1) is 17.1. The minimum absolute atomic E-state index is 0.0943. The van der Waals surface area contributed by atoms with Gasteiger partial charge >= 0.3 is 0 Å². The molecule has 1 aromatic rings. The lowest BCUT2D eigenvalue weighted by molar-refractivity contribution is 0.105. The van der Waals surface area contributed by atoms with E-state index in [1.54, 1.807) is 18.4 Å². The molecule has 1 heterocycles. The van der Waals surface area contributed by atoms with Crippen molar-refractivity contribution in [2.45, 2.75) is 50.7 Å². The second-order valence-electron chi connectivity index (χ2n) is 4.88. The zero-order valence-corrected chi connectivity index (χ0v) is 12.9. The fourth-order valence-electron chi connectivity index (χ4n) is 1.82. The summed E-state index contributed by atoms with van der Waals surface area (Å²) >= 11 is 0. The zero-order chi connectivity index (χ0) is 15.4. The Labute approximate surface area is 119 Å². The van der Waals surface area contributed by atoms with Crippen molar-refractivity contribution in [3.05, 3.63) is 12.0 Å². The number of imidazole rings is 1. The number of aromatic nitrogens is 2. The Hall–Kier alpha value is -0.960. The predicted octanol–water partition coefficient (Wildman–Crippen LogP) is 0.0132. The maximum atomic E-state index is 12.3. The standard InChI is InChI=1S/C12H23N3O4S/c1-4-6-15-7-11(13-10(15)3)20(18,19)14-12(5-2,8-16)9-17/h7,14,16-17H,4-6,8-9H2,1-3H3. The van der Waals surface area contributed by atoms with Crippen molar-refractivity contribution in [3.63, 3.8) is 0 Å². The van der Waals surface area contributed by atoms with E-state index in [9.17, 15) is 18.6 Å². The summed E-state index contributed by atoms with van der Waals surface area (Å²) < 4.78 is 28.7.